The lowest BCUT2D eigenvalue weighted by Gasteiger charge is -2.23. The second kappa shape index (κ2) is 10.5. The third-order valence-electron chi connectivity index (χ3n) is 3.66. The molecule has 0 unspecified atom stereocenters. The zero-order valence-electron chi connectivity index (χ0n) is 15.0. The van der Waals surface area contributed by atoms with Crippen LogP contribution in [0.4, 0.5) is 5.82 Å². The van der Waals surface area contributed by atoms with Gasteiger partial charge in [0.2, 0.25) is 0 Å². The van der Waals surface area contributed by atoms with E-state index in [2.05, 4.69) is 26.3 Å². The Bertz CT molecular complexity index is 705. The van der Waals surface area contributed by atoms with Crippen LogP contribution < -0.4 is 10.2 Å². The van der Waals surface area contributed by atoms with Crippen LogP contribution in [0.5, 0.6) is 0 Å². The van der Waals surface area contributed by atoms with Crippen molar-refractivity contribution >= 4 is 47.4 Å². The molecule has 0 fully saturated rings. The summed E-state index contributed by atoms with van der Waals surface area (Å²) < 4.78 is 0. The number of nitrogens with one attached hydrogen (secondary N) is 1. The minimum atomic E-state index is 0. The van der Waals surface area contributed by atoms with Crippen molar-refractivity contribution in [3.63, 3.8) is 0 Å². The fourth-order valence-corrected chi connectivity index (χ4v) is 2.53. The minimum absolute atomic E-state index is 0. The summed E-state index contributed by atoms with van der Waals surface area (Å²) in [6, 6.07) is 11.9. The van der Waals surface area contributed by atoms with Crippen LogP contribution in [0.2, 0.25) is 5.02 Å². The van der Waals surface area contributed by atoms with Gasteiger partial charge < -0.3 is 15.1 Å². The van der Waals surface area contributed by atoms with Crippen molar-refractivity contribution < 1.29 is 0 Å². The molecule has 0 aliphatic rings. The number of benzene rings is 1. The van der Waals surface area contributed by atoms with E-state index in [-0.39, 0.29) is 24.0 Å². The van der Waals surface area contributed by atoms with E-state index in [4.69, 9.17) is 11.6 Å². The third-order valence-corrected chi connectivity index (χ3v) is 4.03. The lowest BCUT2D eigenvalue weighted by atomic mass is 10.2. The molecule has 5 nitrogen and oxygen atoms in total. The highest BCUT2D eigenvalue weighted by Gasteiger charge is 2.09. The molecule has 136 valence electrons. The average molecular weight is 474 g/mol. The molecular weight excluding hydrogens is 449 g/mol. The van der Waals surface area contributed by atoms with E-state index in [0.29, 0.717) is 13.1 Å². The number of hydrogen-bond donors (Lipinski definition) is 1. The lowest BCUT2D eigenvalue weighted by Crippen LogP contribution is -2.38. The van der Waals surface area contributed by atoms with E-state index >= 15 is 0 Å². The number of aliphatic imine (C=N–C) groups is 1. The number of anilines is 1. The maximum Gasteiger partial charge on any atom is 0.193 e. The first-order valence-corrected chi connectivity index (χ1v) is 8.16. The Morgan fingerprint density at radius 1 is 1.20 bits per heavy atom. The molecule has 25 heavy (non-hydrogen) atoms. The Morgan fingerprint density at radius 2 is 1.92 bits per heavy atom. The maximum absolute atomic E-state index is 6.24. The standard InChI is InChI=1S/C18H24ClN5.HI/c1-20-18(24(4)13-15-7-5-6-8-16(15)19)22-12-14-9-10-21-17(11-14)23(2)3;/h5-11H,12-13H2,1-4H3,(H,20,22);1H. The third kappa shape index (κ3) is 6.36. The number of hydrogen-bond acceptors (Lipinski definition) is 3. The van der Waals surface area contributed by atoms with Crippen LogP contribution in [-0.4, -0.2) is 44.0 Å². The van der Waals surface area contributed by atoms with E-state index in [1.165, 1.54) is 0 Å². The number of pyridine rings is 1. The van der Waals surface area contributed by atoms with Crippen molar-refractivity contribution in [2.45, 2.75) is 13.1 Å². The van der Waals surface area contributed by atoms with Gasteiger partial charge in [0.25, 0.3) is 0 Å². The summed E-state index contributed by atoms with van der Waals surface area (Å²) in [6.45, 7) is 1.38. The van der Waals surface area contributed by atoms with Crippen LogP contribution in [0, 0.1) is 0 Å². The normalized spacial score (nSPS) is 10.8. The maximum atomic E-state index is 6.24. The summed E-state index contributed by atoms with van der Waals surface area (Å²) in [5, 5.41) is 4.15. The van der Waals surface area contributed by atoms with Crippen molar-refractivity contribution in [1.82, 2.24) is 15.2 Å². The van der Waals surface area contributed by atoms with Crippen molar-refractivity contribution in [3.05, 3.63) is 58.7 Å². The summed E-state index contributed by atoms with van der Waals surface area (Å²) in [5.41, 5.74) is 2.23. The molecular formula is C18H25ClIN5. The first-order chi connectivity index (χ1) is 11.5. The molecule has 0 saturated carbocycles. The van der Waals surface area contributed by atoms with Gasteiger partial charge in [-0.05, 0) is 29.3 Å². The molecule has 0 atom stereocenters. The zero-order chi connectivity index (χ0) is 17.5. The molecule has 7 heteroatoms. The molecule has 0 spiro atoms. The second-order valence-corrected chi connectivity index (χ2v) is 6.17. The predicted molar refractivity (Wildman–Crippen MR) is 117 cm³/mol. The van der Waals surface area contributed by atoms with Gasteiger partial charge in [0, 0.05) is 52.5 Å². The molecule has 0 amide bonds. The Hall–Kier alpha value is -1.54. The summed E-state index contributed by atoms with van der Waals surface area (Å²) in [6.07, 6.45) is 1.82. The van der Waals surface area contributed by atoms with Gasteiger partial charge in [0.05, 0.1) is 0 Å². The smallest absolute Gasteiger partial charge is 0.193 e. The Morgan fingerprint density at radius 3 is 2.56 bits per heavy atom. The average Bonchev–Trinajstić information content (AvgIpc) is 2.57. The molecule has 0 bridgehead atoms. The monoisotopic (exact) mass is 473 g/mol. The molecule has 2 aromatic rings. The molecule has 0 saturated heterocycles. The van der Waals surface area contributed by atoms with Gasteiger partial charge in [-0.25, -0.2) is 4.98 Å². The minimum Gasteiger partial charge on any atom is -0.363 e. The zero-order valence-corrected chi connectivity index (χ0v) is 18.1. The molecule has 0 aliphatic heterocycles. The fraction of sp³-hybridized carbons (Fsp3) is 0.333. The van der Waals surface area contributed by atoms with Gasteiger partial charge in [-0.15, -0.1) is 24.0 Å². The van der Waals surface area contributed by atoms with Gasteiger partial charge in [0.1, 0.15) is 5.82 Å². The number of nitrogens with zero attached hydrogens (tertiary/aromatic N) is 4. The predicted octanol–water partition coefficient (Wildman–Crippen LogP) is 3.63. The first kappa shape index (κ1) is 21.5. The highest BCUT2D eigenvalue weighted by Crippen LogP contribution is 2.16. The molecule has 1 N–H and O–H groups in total. The van der Waals surface area contributed by atoms with Gasteiger partial charge in [-0.3, -0.25) is 4.99 Å². The van der Waals surface area contributed by atoms with Crippen LogP contribution in [-0.2, 0) is 13.1 Å². The molecule has 1 heterocycles. The summed E-state index contributed by atoms with van der Waals surface area (Å²) in [7, 11) is 7.74. The van der Waals surface area contributed by atoms with Gasteiger partial charge >= 0.3 is 0 Å². The Labute approximate surface area is 172 Å². The van der Waals surface area contributed by atoms with E-state index in [1.807, 2.05) is 62.6 Å². The lowest BCUT2D eigenvalue weighted by molar-refractivity contribution is 0.476. The van der Waals surface area contributed by atoms with Gasteiger partial charge in [0.15, 0.2) is 5.96 Å². The van der Waals surface area contributed by atoms with Crippen LogP contribution in [0.3, 0.4) is 0 Å². The topological polar surface area (TPSA) is 43.8 Å². The molecule has 0 aliphatic carbocycles. The highest BCUT2D eigenvalue weighted by atomic mass is 127. The number of guanidine groups is 1. The van der Waals surface area contributed by atoms with Crippen molar-refractivity contribution in [3.8, 4) is 0 Å². The van der Waals surface area contributed by atoms with E-state index in [0.717, 1.165) is 27.9 Å². The summed E-state index contributed by atoms with van der Waals surface area (Å²) >= 11 is 6.24. The largest absolute Gasteiger partial charge is 0.363 e. The quantitative estimate of drug-likeness (QED) is 0.409. The number of aromatic nitrogens is 1. The van der Waals surface area contributed by atoms with Crippen LogP contribution in [0.15, 0.2) is 47.6 Å². The van der Waals surface area contributed by atoms with Crippen LogP contribution >= 0.6 is 35.6 Å². The van der Waals surface area contributed by atoms with Crippen LogP contribution in [0.25, 0.3) is 0 Å². The number of rotatable bonds is 5. The SMILES string of the molecule is CN=C(NCc1ccnc(N(C)C)c1)N(C)Cc1ccccc1Cl.I. The van der Waals surface area contributed by atoms with Crippen molar-refractivity contribution in [1.29, 1.82) is 0 Å². The molecule has 1 aromatic heterocycles. The van der Waals surface area contributed by atoms with Crippen molar-refractivity contribution in [2.24, 2.45) is 4.99 Å². The molecule has 0 radical (unpaired) electrons. The molecule has 1 aromatic carbocycles. The van der Waals surface area contributed by atoms with Gasteiger partial charge in [-0.2, -0.15) is 0 Å². The van der Waals surface area contributed by atoms with E-state index in [1.54, 1.807) is 7.05 Å². The Kier molecular flexibility index (Phi) is 8.99. The highest BCUT2D eigenvalue weighted by molar-refractivity contribution is 14.0. The van der Waals surface area contributed by atoms with E-state index in [9.17, 15) is 0 Å². The number of halogens is 2. The summed E-state index contributed by atoms with van der Waals surface area (Å²) in [5.74, 6) is 1.76. The van der Waals surface area contributed by atoms with Gasteiger partial charge in [-0.1, -0.05) is 29.8 Å². The van der Waals surface area contributed by atoms with E-state index < -0.39 is 0 Å². The first-order valence-electron chi connectivity index (χ1n) is 7.78. The summed E-state index contributed by atoms with van der Waals surface area (Å²) in [4.78, 5) is 12.7. The Balaban J connectivity index is 0.00000312. The van der Waals surface area contributed by atoms with Crippen LogP contribution in [0.1, 0.15) is 11.1 Å². The van der Waals surface area contributed by atoms with Crippen molar-refractivity contribution in [2.75, 3.05) is 33.1 Å². The second-order valence-electron chi connectivity index (χ2n) is 5.76. The fourth-order valence-electron chi connectivity index (χ4n) is 2.34. The molecule has 2 rings (SSSR count).